The molecule has 0 saturated carbocycles. The molecule has 0 unspecified atom stereocenters. The van der Waals surface area contributed by atoms with E-state index in [1.54, 1.807) is 17.8 Å². The number of hydrogen-bond donors (Lipinski definition) is 1. The molecular formula is C17H14N2O3S2. The van der Waals surface area contributed by atoms with Gasteiger partial charge in [-0.2, -0.15) is 0 Å². The molecule has 0 spiro atoms. The van der Waals surface area contributed by atoms with Crippen LogP contribution in [0.2, 0.25) is 0 Å². The van der Waals surface area contributed by atoms with Crippen molar-refractivity contribution in [3.05, 3.63) is 42.5 Å². The Kier molecular flexibility index (Phi) is 4.03. The minimum Gasteiger partial charge on any atom is -0.485 e. The fraction of sp³-hybridized carbons (Fsp3) is 0.176. The summed E-state index contributed by atoms with van der Waals surface area (Å²) in [5, 5.41) is 3.39. The summed E-state index contributed by atoms with van der Waals surface area (Å²) in [6, 6.07) is 13.4. The van der Waals surface area contributed by atoms with E-state index in [-0.39, 0.29) is 12.5 Å². The quantitative estimate of drug-likeness (QED) is 0.722. The summed E-state index contributed by atoms with van der Waals surface area (Å²) in [5.74, 6) is 0.984. The van der Waals surface area contributed by atoms with Crippen molar-refractivity contribution >= 4 is 44.4 Å². The van der Waals surface area contributed by atoms with Gasteiger partial charge in [0.05, 0.1) is 10.2 Å². The van der Waals surface area contributed by atoms with Crippen LogP contribution in [-0.2, 0) is 4.79 Å². The summed E-state index contributed by atoms with van der Waals surface area (Å²) in [6.07, 6.45) is 1.34. The summed E-state index contributed by atoms with van der Waals surface area (Å²) in [5.41, 5.74) is 0.874. The van der Waals surface area contributed by atoms with Crippen LogP contribution in [0.5, 0.6) is 11.5 Å². The lowest BCUT2D eigenvalue weighted by molar-refractivity contribution is -0.125. The second-order valence-corrected chi connectivity index (χ2v) is 7.12. The van der Waals surface area contributed by atoms with Gasteiger partial charge in [-0.3, -0.25) is 10.1 Å². The second kappa shape index (κ2) is 6.33. The Labute approximate surface area is 147 Å². The topological polar surface area (TPSA) is 60.5 Å². The fourth-order valence-electron chi connectivity index (χ4n) is 2.42. The van der Waals surface area contributed by atoms with Gasteiger partial charge >= 0.3 is 0 Å². The molecule has 2 aromatic carbocycles. The minimum absolute atomic E-state index is 0.185. The molecule has 2 heterocycles. The maximum Gasteiger partial charge on any atom is 0.270 e. The Morgan fingerprint density at radius 2 is 2.12 bits per heavy atom. The van der Waals surface area contributed by atoms with Crippen LogP contribution < -0.4 is 14.8 Å². The number of amides is 1. The predicted molar refractivity (Wildman–Crippen MR) is 96.4 cm³/mol. The lowest BCUT2D eigenvalue weighted by Gasteiger charge is -2.25. The van der Waals surface area contributed by atoms with Crippen LogP contribution in [0, 0.1) is 0 Å². The van der Waals surface area contributed by atoms with Gasteiger partial charge < -0.3 is 9.47 Å². The first-order valence-electron chi connectivity index (χ1n) is 7.37. The van der Waals surface area contributed by atoms with Gasteiger partial charge in [-0.15, -0.1) is 11.8 Å². The molecule has 0 aliphatic carbocycles. The fourth-order valence-corrected chi connectivity index (χ4v) is 3.84. The molecule has 0 saturated heterocycles. The summed E-state index contributed by atoms with van der Waals surface area (Å²) in [6.45, 7) is 0.185. The smallest absolute Gasteiger partial charge is 0.270 e. The number of ether oxygens (including phenoxy) is 2. The molecule has 1 aliphatic rings. The standard InChI is InChI=1S/C17H14N2O3S2/c1-23-10-6-7-11-15(8-10)24-17(18-11)19-16(20)14-9-21-12-4-2-3-5-13(12)22-14/h2-8,14H,9H2,1H3,(H,18,19,20)/t14-/m1/s1. The zero-order valence-corrected chi connectivity index (χ0v) is 14.4. The summed E-state index contributed by atoms with van der Waals surface area (Å²) in [4.78, 5) is 18.0. The number of rotatable bonds is 3. The van der Waals surface area contributed by atoms with Gasteiger partial charge in [0, 0.05) is 4.90 Å². The highest BCUT2D eigenvalue weighted by molar-refractivity contribution is 7.98. The van der Waals surface area contributed by atoms with Crippen molar-refractivity contribution in [3.8, 4) is 11.5 Å². The van der Waals surface area contributed by atoms with Crippen molar-refractivity contribution < 1.29 is 14.3 Å². The van der Waals surface area contributed by atoms with Gasteiger partial charge in [-0.25, -0.2) is 4.98 Å². The number of nitrogens with zero attached hydrogens (tertiary/aromatic N) is 1. The number of para-hydroxylation sites is 2. The molecule has 7 heteroatoms. The van der Waals surface area contributed by atoms with Crippen LogP contribution in [0.1, 0.15) is 0 Å². The Morgan fingerprint density at radius 1 is 1.29 bits per heavy atom. The van der Waals surface area contributed by atoms with Gasteiger partial charge in [0.25, 0.3) is 5.91 Å². The zero-order valence-electron chi connectivity index (χ0n) is 12.8. The summed E-state index contributed by atoms with van der Waals surface area (Å²) in [7, 11) is 0. The van der Waals surface area contributed by atoms with Crippen LogP contribution in [0.15, 0.2) is 47.4 Å². The van der Waals surface area contributed by atoms with Gasteiger partial charge in [-0.05, 0) is 36.6 Å². The highest BCUT2D eigenvalue weighted by Gasteiger charge is 2.27. The number of thiazole rings is 1. The third kappa shape index (κ3) is 2.92. The predicted octanol–water partition coefficient (Wildman–Crippen LogP) is 3.80. The third-order valence-corrected chi connectivity index (χ3v) is 5.29. The molecule has 1 atom stereocenters. The molecule has 1 amide bonds. The zero-order chi connectivity index (χ0) is 16.5. The lowest BCUT2D eigenvalue weighted by Crippen LogP contribution is -2.40. The number of thioether (sulfide) groups is 1. The van der Waals surface area contributed by atoms with Crippen molar-refractivity contribution in [1.82, 2.24) is 4.98 Å². The van der Waals surface area contributed by atoms with Crippen molar-refractivity contribution in [2.45, 2.75) is 11.0 Å². The highest BCUT2D eigenvalue weighted by atomic mass is 32.2. The number of anilines is 1. The molecule has 1 N–H and O–H groups in total. The maximum atomic E-state index is 12.4. The molecular weight excluding hydrogens is 344 g/mol. The first kappa shape index (κ1) is 15.3. The van der Waals surface area contributed by atoms with Crippen molar-refractivity contribution in [3.63, 3.8) is 0 Å². The third-order valence-electron chi connectivity index (χ3n) is 3.63. The number of aromatic nitrogens is 1. The number of hydrogen-bond acceptors (Lipinski definition) is 6. The highest BCUT2D eigenvalue weighted by Crippen LogP contribution is 2.32. The summed E-state index contributed by atoms with van der Waals surface area (Å²) >= 11 is 3.13. The Bertz CT molecular complexity index is 910. The van der Waals surface area contributed by atoms with Gasteiger partial charge in [0.1, 0.15) is 6.61 Å². The van der Waals surface area contributed by atoms with Crippen LogP contribution in [-0.4, -0.2) is 29.9 Å². The Hall–Kier alpha value is -2.25. The molecule has 3 aromatic rings. The number of carbonyl (C=O) groups excluding carboxylic acids is 1. The normalized spacial score (nSPS) is 16.1. The SMILES string of the molecule is CSc1ccc2nc(NC(=O)[C@H]3COc4ccccc4O3)sc2c1. The van der Waals surface area contributed by atoms with E-state index in [9.17, 15) is 4.79 Å². The lowest BCUT2D eigenvalue weighted by atomic mass is 10.2. The van der Waals surface area contributed by atoms with Crippen LogP contribution in [0.25, 0.3) is 10.2 Å². The average Bonchev–Trinajstić information content (AvgIpc) is 3.02. The molecule has 4 rings (SSSR count). The minimum atomic E-state index is -0.686. The molecule has 5 nitrogen and oxygen atoms in total. The molecule has 1 aromatic heterocycles. The van der Waals surface area contributed by atoms with Gasteiger partial charge in [0.15, 0.2) is 16.6 Å². The van der Waals surface area contributed by atoms with Gasteiger partial charge in [-0.1, -0.05) is 23.5 Å². The summed E-state index contributed by atoms with van der Waals surface area (Å²) < 4.78 is 12.3. The van der Waals surface area contributed by atoms with E-state index in [4.69, 9.17) is 9.47 Å². The Balaban J connectivity index is 1.50. The van der Waals surface area contributed by atoms with E-state index in [0.29, 0.717) is 16.6 Å². The monoisotopic (exact) mass is 358 g/mol. The molecule has 24 heavy (non-hydrogen) atoms. The van der Waals surface area contributed by atoms with Crippen molar-refractivity contribution in [2.24, 2.45) is 0 Å². The van der Waals surface area contributed by atoms with Crippen molar-refractivity contribution in [2.75, 3.05) is 18.2 Å². The number of fused-ring (bicyclic) bond motifs is 2. The Morgan fingerprint density at radius 3 is 2.96 bits per heavy atom. The molecule has 0 fully saturated rings. The van der Waals surface area contributed by atoms with E-state index in [1.165, 1.54) is 16.2 Å². The van der Waals surface area contributed by atoms with E-state index >= 15 is 0 Å². The second-order valence-electron chi connectivity index (χ2n) is 5.21. The van der Waals surface area contributed by atoms with Gasteiger partial charge in [0.2, 0.25) is 6.10 Å². The van der Waals surface area contributed by atoms with Crippen molar-refractivity contribution in [1.29, 1.82) is 0 Å². The van der Waals surface area contributed by atoms with Crippen LogP contribution in [0.4, 0.5) is 5.13 Å². The molecule has 0 bridgehead atoms. The van der Waals surface area contributed by atoms with E-state index in [2.05, 4.69) is 16.4 Å². The molecule has 122 valence electrons. The van der Waals surface area contributed by atoms with E-state index in [1.807, 2.05) is 36.6 Å². The average molecular weight is 358 g/mol. The number of benzene rings is 2. The van der Waals surface area contributed by atoms with E-state index in [0.717, 1.165) is 10.2 Å². The maximum absolute atomic E-state index is 12.4. The molecule has 0 radical (unpaired) electrons. The number of nitrogens with one attached hydrogen (secondary N) is 1. The first-order chi connectivity index (χ1) is 11.7. The molecule has 1 aliphatic heterocycles. The van der Waals surface area contributed by atoms with Crippen LogP contribution >= 0.6 is 23.1 Å². The number of carbonyl (C=O) groups is 1. The largest absolute Gasteiger partial charge is 0.485 e. The van der Waals surface area contributed by atoms with E-state index < -0.39 is 6.10 Å². The first-order valence-corrected chi connectivity index (χ1v) is 9.41. The van der Waals surface area contributed by atoms with Crippen LogP contribution in [0.3, 0.4) is 0 Å².